The highest BCUT2D eigenvalue weighted by Gasteiger charge is 2.28. The third-order valence-electron chi connectivity index (χ3n) is 6.22. The number of carbonyl (C=O) groups is 2. The maximum atomic E-state index is 13.6. The SMILES string of the molecule is CNC(=O)c1c(NC(=O)c2cc(-c3ccccc3)nc3ccccc23)sc2c1CCC(C)C2. The molecule has 2 amide bonds. The van der Waals surface area contributed by atoms with Crippen LogP contribution in [0.2, 0.25) is 0 Å². The zero-order valence-corrected chi connectivity index (χ0v) is 19.5. The van der Waals surface area contributed by atoms with Gasteiger partial charge in [0.15, 0.2) is 0 Å². The molecule has 2 N–H and O–H groups in total. The molecule has 0 saturated heterocycles. The summed E-state index contributed by atoms with van der Waals surface area (Å²) in [6.45, 7) is 2.23. The maximum absolute atomic E-state index is 13.6. The van der Waals surface area contributed by atoms with E-state index >= 15 is 0 Å². The summed E-state index contributed by atoms with van der Waals surface area (Å²) in [4.78, 5) is 32.3. The maximum Gasteiger partial charge on any atom is 0.257 e. The first kappa shape index (κ1) is 21.3. The van der Waals surface area contributed by atoms with Crippen LogP contribution >= 0.6 is 11.3 Å². The molecule has 2 aromatic heterocycles. The lowest BCUT2D eigenvalue weighted by molar-refractivity contribution is 0.0963. The summed E-state index contributed by atoms with van der Waals surface area (Å²) in [5.74, 6) is 0.194. The van der Waals surface area contributed by atoms with Gasteiger partial charge in [-0.1, -0.05) is 55.5 Å². The van der Waals surface area contributed by atoms with E-state index in [-0.39, 0.29) is 11.8 Å². The average molecular weight is 456 g/mol. The molecule has 0 saturated carbocycles. The van der Waals surface area contributed by atoms with Gasteiger partial charge in [-0.25, -0.2) is 4.98 Å². The van der Waals surface area contributed by atoms with Crippen LogP contribution in [0.4, 0.5) is 5.00 Å². The van der Waals surface area contributed by atoms with Crippen molar-refractivity contribution >= 4 is 39.1 Å². The first-order valence-corrected chi connectivity index (χ1v) is 12.0. The second-order valence-electron chi connectivity index (χ2n) is 8.53. The molecule has 1 atom stereocenters. The first-order chi connectivity index (χ1) is 16.0. The summed E-state index contributed by atoms with van der Waals surface area (Å²) in [5.41, 5.74) is 4.68. The van der Waals surface area contributed by atoms with Crippen LogP contribution in [-0.2, 0) is 12.8 Å². The van der Waals surface area contributed by atoms with Crippen molar-refractivity contribution in [1.29, 1.82) is 0 Å². The monoisotopic (exact) mass is 455 g/mol. The van der Waals surface area contributed by atoms with Crippen LogP contribution in [0.5, 0.6) is 0 Å². The standard InChI is InChI=1S/C27H25N3O2S/c1-16-12-13-19-23(14-16)33-27(24(19)26(32)28-2)30-25(31)20-15-22(17-8-4-3-5-9-17)29-21-11-7-6-10-18(20)21/h3-11,15-16H,12-14H2,1-2H3,(H,28,32)(H,30,31). The molecule has 0 radical (unpaired) electrons. The molecule has 2 aromatic carbocycles. The third kappa shape index (κ3) is 4.02. The van der Waals surface area contributed by atoms with E-state index < -0.39 is 0 Å². The van der Waals surface area contributed by atoms with Gasteiger partial charge in [-0.05, 0) is 42.9 Å². The number of carbonyl (C=O) groups excluding carboxylic acids is 2. The van der Waals surface area contributed by atoms with Crippen molar-refractivity contribution in [3.8, 4) is 11.3 Å². The zero-order valence-electron chi connectivity index (χ0n) is 18.6. The molecule has 5 rings (SSSR count). The molecular weight excluding hydrogens is 430 g/mol. The molecule has 0 bridgehead atoms. The summed E-state index contributed by atoms with van der Waals surface area (Å²) in [5, 5.41) is 7.23. The number of nitrogens with one attached hydrogen (secondary N) is 2. The molecule has 0 fully saturated rings. The smallest absolute Gasteiger partial charge is 0.257 e. The van der Waals surface area contributed by atoms with Crippen LogP contribution < -0.4 is 10.6 Å². The van der Waals surface area contributed by atoms with E-state index in [2.05, 4.69) is 17.6 Å². The van der Waals surface area contributed by atoms with Crippen molar-refractivity contribution in [2.45, 2.75) is 26.2 Å². The lowest BCUT2D eigenvalue weighted by Gasteiger charge is -2.18. The highest BCUT2D eigenvalue weighted by atomic mass is 32.1. The minimum Gasteiger partial charge on any atom is -0.355 e. The topological polar surface area (TPSA) is 71.1 Å². The van der Waals surface area contributed by atoms with Crippen LogP contribution in [-0.4, -0.2) is 23.8 Å². The van der Waals surface area contributed by atoms with Crippen molar-refractivity contribution < 1.29 is 9.59 Å². The molecule has 4 aromatic rings. The Balaban J connectivity index is 1.59. The van der Waals surface area contributed by atoms with Gasteiger partial charge in [0.25, 0.3) is 11.8 Å². The average Bonchev–Trinajstić information content (AvgIpc) is 3.20. The summed E-state index contributed by atoms with van der Waals surface area (Å²) in [7, 11) is 1.63. The van der Waals surface area contributed by atoms with Gasteiger partial charge in [-0.2, -0.15) is 0 Å². The number of fused-ring (bicyclic) bond motifs is 2. The van der Waals surface area contributed by atoms with Gasteiger partial charge in [-0.15, -0.1) is 11.3 Å². The molecule has 6 heteroatoms. The Morgan fingerprint density at radius 3 is 2.58 bits per heavy atom. The quantitative estimate of drug-likeness (QED) is 0.415. The van der Waals surface area contributed by atoms with Crippen LogP contribution in [0.3, 0.4) is 0 Å². The second kappa shape index (κ2) is 8.79. The number of thiophene rings is 1. The minimum absolute atomic E-state index is 0.151. The fourth-order valence-corrected chi connectivity index (χ4v) is 5.90. The van der Waals surface area contributed by atoms with E-state index in [1.807, 2.05) is 60.7 Å². The number of aromatic nitrogens is 1. The fourth-order valence-electron chi connectivity index (χ4n) is 4.49. The Morgan fingerprint density at radius 2 is 1.79 bits per heavy atom. The number of benzene rings is 2. The lowest BCUT2D eigenvalue weighted by Crippen LogP contribution is -2.22. The molecule has 1 unspecified atom stereocenters. The van der Waals surface area contributed by atoms with E-state index in [1.165, 1.54) is 16.2 Å². The van der Waals surface area contributed by atoms with Gasteiger partial charge in [-0.3, -0.25) is 9.59 Å². The molecule has 1 aliphatic carbocycles. The van der Waals surface area contributed by atoms with Crippen molar-refractivity contribution in [3.05, 3.63) is 82.2 Å². The predicted octanol–water partition coefficient (Wildman–Crippen LogP) is 5.70. The van der Waals surface area contributed by atoms with Crippen LogP contribution in [0.25, 0.3) is 22.2 Å². The first-order valence-electron chi connectivity index (χ1n) is 11.2. The lowest BCUT2D eigenvalue weighted by atomic mass is 9.88. The van der Waals surface area contributed by atoms with Gasteiger partial charge in [0.1, 0.15) is 5.00 Å². The van der Waals surface area contributed by atoms with Crippen LogP contribution in [0.1, 0.15) is 44.5 Å². The fraction of sp³-hybridized carbons (Fsp3) is 0.222. The third-order valence-corrected chi connectivity index (χ3v) is 7.39. The van der Waals surface area contributed by atoms with Crippen molar-refractivity contribution in [2.24, 2.45) is 5.92 Å². The molecular formula is C27H25N3O2S. The Kier molecular flexibility index (Phi) is 5.68. The Morgan fingerprint density at radius 1 is 1.03 bits per heavy atom. The number of anilines is 1. The molecule has 33 heavy (non-hydrogen) atoms. The number of para-hydroxylation sites is 1. The van der Waals surface area contributed by atoms with Gasteiger partial charge in [0.2, 0.25) is 0 Å². The zero-order chi connectivity index (χ0) is 22.9. The van der Waals surface area contributed by atoms with Gasteiger partial charge in [0, 0.05) is 22.9 Å². The van der Waals surface area contributed by atoms with Gasteiger partial charge in [0.05, 0.1) is 22.3 Å². The van der Waals surface area contributed by atoms with Crippen molar-refractivity contribution in [1.82, 2.24) is 10.3 Å². The Hall–Kier alpha value is -3.51. The Bertz CT molecular complexity index is 1360. The number of nitrogens with zero attached hydrogens (tertiary/aromatic N) is 1. The van der Waals surface area contributed by atoms with E-state index in [9.17, 15) is 9.59 Å². The second-order valence-corrected chi connectivity index (χ2v) is 9.63. The molecule has 166 valence electrons. The Labute approximate surface area is 196 Å². The summed E-state index contributed by atoms with van der Waals surface area (Å²) in [6, 6.07) is 19.3. The normalized spacial score (nSPS) is 15.2. The molecule has 0 aliphatic heterocycles. The van der Waals surface area contributed by atoms with Crippen molar-refractivity contribution in [2.75, 3.05) is 12.4 Å². The number of pyridine rings is 1. The molecule has 1 aliphatic rings. The highest BCUT2D eigenvalue weighted by Crippen LogP contribution is 2.40. The van der Waals surface area contributed by atoms with E-state index in [4.69, 9.17) is 4.98 Å². The van der Waals surface area contributed by atoms with Crippen molar-refractivity contribution in [3.63, 3.8) is 0 Å². The van der Waals surface area contributed by atoms with Gasteiger partial charge >= 0.3 is 0 Å². The van der Waals surface area contributed by atoms with E-state index in [1.54, 1.807) is 7.05 Å². The number of amides is 2. The van der Waals surface area contributed by atoms with E-state index in [0.29, 0.717) is 22.0 Å². The largest absolute Gasteiger partial charge is 0.355 e. The van der Waals surface area contributed by atoms with Gasteiger partial charge < -0.3 is 10.6 Å². The summed E-state index contributed by atoms with van der Waals surface area (Å²) >= 11 is 1.53. The van der Waals surface area contributed by atoms with Crippen LogP contribution in [0.15, 0.2) is 60.7 Å². The number of rotatable bonds is 4. The highest BCUT2D eigenvalue weighted by molar-refractivity contribution is 7.17. The summed E-state index contributed by atoms with van der Waals surface area (Å²) in [6.07, 6.45) is 2.86. The van der Waals surface area contributed by atoms with E-state index in [0.717, 1.165) is 47.0 Å². The summed E-state index contributed by atoms with van der Waals surface area (Å²) < 4.78 is 0. The molecule has 0 spiro atoms. The molecule has 5 nitrogen and oxygen atoms in total. The predicted molar refractivity (Wildman–Crippen MR) is 134 cm³/mol. The minimum atomic E-state index is -0.234. The number of hydrogen-bond donors (Lipinski definition) is 2. The molecule has 2 heterocycles. The number of hydrogen-bond acceptors (Lipinski definition) is 4. The van der Waals surface area contributed by atoms with Crippen LogP contribution in [0, 0.1) is 5.92 Å².